The van der Waals surface area contributed by atoms with Gasteiger partial charge in [-0.05, 0) is 38.4 Å². The molecule has 1 N–H and O–H groups in total. The maximum Gasteiger partial charge on any atom is 0.258 e. The van der Waals surface area contributed by atoms with E-state index in [0.29, 0.717) is 31.2 Å². The van der Waals surface area contributed by atoms with Crippen molar-refractivity contribution in [3.05, 3.63) is 29.8 Å². The van der Waals surface area contributed by atoms with Crippen LogP contribution in [0.1, 0.15) is 25.8 Å². The van der Waals surface area contributed by atoms with E-state index in [0.717, 1.165) is 18.7 Å². The van der Waals surface area contributed by atoms with Crippen LogP contribution in [0.4, 0.5) is 0 Å². The zero-order valence-electron chi connectivity index (χ0n) is 16.3. The maximum absolute atomic E-state index is 12.8. The van der Waals surface area contributed by atoms with Crippen LogP contribution in [0.25, 0.3) is 0 Å². The Morgan fingerprint density at radius 1 is 1.12 bits per heavy atom. The van der Waals surface area contributed by atoms with Gasteiger partial charge < -0.3 is 19.9 Å². The number of hydrogen-bond donors (Lipinski definition) is 1. The smallest absolute Gasteiger partial charge is 0.258 e. The molecule has 0 unspecified atom stereocenters. The summed E-state index contributed by atoms with van der Waals surface area (Å²) in [5.41, 5.74) is 1.14. The number of benzene rings is 1. The Balaban J connectivity index is 1.90. The van der Waals surface area contributed by atoms with E-state index >= 15 is 0 Å². The van der Waals surface area contributed by atoms with E-state index in [9.17, 15) is 9.59 Å². The monoisotopic (exact) mass is 361 g/mol. The minimum absolute atomic E-state index is 0.00971. The Morgan fingerprint density at radius 2 is 1.73 bits per heavy atom. The average molecular weight is 361 g/mol. The van der Waals surface area contributed by atoms with Gasteiger partial charge in [0.15, 0.2) is 6.61 Å². The lowest BCUT2D eigenvalue weighted by molar-refractivity contribution is -0.138. The van der Waals surface area contributed by atoms with Crippen LogP contribution in [0.3, 0.4) is 0 Å². The van der Waals surface area contributed by atoms with Crippen molar-refractivity contribution in [2.75, 3.05) is 39.8 Å². The number of ether oxygens (including phenoxy) is 1. The molecule has 2 amide bonds. The molecule has 0 aromatic heterocycles. The predicted octanol–water partition coefficient (Wildman–Crippen LogP) is 1.68. The standard InChI is InChI=1S/C20H31N3O3/c1-15(2)13-18(20(25)23-11-9-22(4)10-12-23)21-19(24)14-26-17-7-5-16(3)6-8-17/h5-8,15,18H,9-14H2,1-4H3,(H,21,24)/t18-/m1/s1. The zero-order valence-corrected chi connectivity index (χ0v) is 16.3. The molecule has 6 heteroatoms. The van der Waals surface area contributed by atoms with Crippen LogP contribution in [0.15, 0.2) is 24.3 Å². The number of likely N-dealkylation sites (N-methyl/N-ethyl adjacent to an activating group) is 1. The Hall–Kier alpha value is -2.08. The highest BCUT2D eigenvalue weighted by atomic mass is 16.5. The fraction of sp³-hybridized carbons (Fsp3) is 0.600. The molecule has 144 valence electrons. The molecule has 0 bridgehead atoms. The number of carbonyl (C=O) groups excluding carboxylic acids is 2. The van der Waals surface area contributed by atoms with Gasteiger partial charge in [-0.15, -0.1) is 0 Å². The van der Waals surface area contributed by atoms with E-state index in [1.54, 1.807) is 0 Å². The molecule has 6 nitrogen and oxygen atoms in total. The average Bonchev–Trinajstić information content (AvgIpc) is 2.60. The zero-order chi connectivity index (χ0) is 19.1. The summed E-state index contributed by atoms with van der Waals surface area (Å²) in [6, 6.07) is 7.05. The van der Waals surface area contributed by atoms with Crippen LogP contribution < -0.4 is 10.1 Å². The lowest BCUT2D eigenvalue weighted by atomic mass is 10.0. The van der Waals surface area contributed by atoms with Crippen LogP contribution in [0.2, 0.25) is 0 Å². The molecule has 1 aliphatic heterocycles. The van der Waals surface area contributed by atoms with Crippen molar-refractivity contribution in [3.63, 3.8) is 0 Å². The van der Waals surface area contributed by atoms with Crippen molar-refractivity contribution in [1.29, 1.82) is 0 Å². The molecule has 1 aromatic carbocycles. The van der Waals surface area contributed by atoms with Crippen molar-refractivity contribution >= 4 is 11.8 Å². The summed E-state index contributed by atoms with van der Waals surface area (Å²) in [4.78, 5) is 29.2. The SMILES string of the molecule is Cc1ccc(OCC(=O)N[C@H](CC(C)C)C(=O)N2CCN(C)CC2)cc1. The first-order valence-electron chi connectivity index (χ1n) is 9.31. The van der Waals surface area contributed by atoms with Gasteiger partial charge in [0.25, 0.3) is 5.91 Å². The van der Waals surface area contributed by atoms with Crippen LogP contribution in [-0.4, -0.2) is 67.5 Å². The van der Waals surface area contributed by atoms with Crippen LogP contribution in [0.5, 0.6) is 5.75 Å². The first kappa shape index (κ1) is 20.2. The summed E-state index contributed by atoms with van der Waals surface area (Å²) < 4.78 is 5.52. The van der Waals surface area contributed by atoms with E-state index in [2.05, 4.69) is 31.1 Å². The van der Waals surface area contributed by atoms with Crippen molar-refractivity contribution in [2.45, 2.75) is 33.2 Å². The molecule has 0 radical (unpaired) electrons. The summed E-state index contributed by atoms with van der Waals surface area (Å²) in [7, 11) is 2.05. The van der Waals surface area contributed by atoms with Crippen LogP contribution >= 0.6 is 0 Å². The van der Waals surface area contributed by atoms with Crippen molar-refractivity contribution in [1.82, 2.24) is 15.1 Å². The highest BCUT2D eigenvalue weighted by molar-refractivity contribution is 5.88. The van der Waals surface area contributed by atoms with Gasteiger partial charge in [-0.2, -0.15) is 0 Å². The summed E-state index contributed by atoms with van der Waals surface area (Å²) in [6.07, 6.45) is 0.626. The predicted molar refractivity (Wildman–Crippen MR) is 102 cm³/mol. The Kier molecular flexibility index (Phi) is 7.45. The quantitative estimate of drug-likeness (QED) is 0.803. The lowest BCUT2D eigenvalue weighted by Crippen LogP contribution is -2.55. The van der Waals surface area contributed by atoms with Gasteiger partial charge in [-0.1, -0.05) is 31.5 Å². The highest BCUT2D eigenvalue weighted by Crippen LogP contribution is 2.12. The molecule has 0 spiro atoms. The van der Waals surface area contributed by atoms with Gasteiger partial charge in [0.1, 0.15) is 11.8 Å². The fourth-order valence-corrected chi connectivity index (χ4v) is 2.96. The molecule has 0 saturated carbocycles. The summed E-state index contributed by atoms with van der Waals surface area (Å²) in [5.74, 6) is 0.709. The summed E-state index contributed by atoms with van der Waals surface area (Å²) >= 11 is 0. The minimum atomic E-state index is -0.493. The van der Waals surface area contributed by atoms with E-state index in [4.69, 9.17) is 4.74 Å². The molecule has 0 aliphatic carbocycles. The van der Waals surface area contributed by atoms with Crippen molar-refractivity contribution in [3.8, 4) is 5.75 Å². The molecule has 1 aliphatic rings. The Labute approximate surface area is 156 Å². The Bertz CT molecular complexity index is 593. The Morgan fingerprint density at radius 3 is 2.31 bits per heavy atom. The third-order valence-corrected chi connectivity index (χ3v) is 4.55. The molecular formula is C20H31N3O3. The molecular weight excluding hydrogens is 330 g/mol. The molecule has 1 saturated heterocycles. The maximum atomic E-state index is 12.8. The molecule has 1 heterocycles. The first-order chi connectivity index (χ1) is 12.3. The van der Waals surface area contributed by atoms with Crippen molar-refractivity contribution in [2.24, 2.45) is 5.92 Å². The number of nitrogens with zero attached hydrogens (tertiary/aromatic N) is 2. The second-order valence-corrected chi connectivity index (χ2v) is 7.48. The number of hydrogen-bond acceptors (Lipinski definition) is 4. The minimum Gasteiger partial charge on any atom is -0.484 e. The number of nitrogens with one attached hydrogen (secondary N) is 1. The van der Waals surface area contributed by atoms with Gasteiger partial charge in [-0.25, -0.2) is 0 Å². The van der Waals surface area contributed by atoms with E-state index < -0.39 is 6.04 Å². The van der Waals surface area contributed by atoms with Gasteiger partial charge in [0.2, 0.25) is 5.91 Å². The highest BCUT2D eigenvalue weighted by Gasteiger charge is 2.28. The van der Waals surface area contributed by atoms with Gasteiger partial charge in [0, 0.05) is 26.2 Å². The molecule has 2 rings (SSSR count). The molecule has 1 fully saturated rings. The second-order valence-electron chi connectivity index (χ2n) is 7.48. The summed E-state index contributed by atoms with van der Waals surface area (Å²) in [6.45, 7) is 9.16. The lowest BCUT2D eigenvalue weighted by Gasteiger charge is -2.35. The van der Waals surface area contributed by atoms with E-state index in [1.165, 1.54) is 0 Å². The van der Waals surface area contributed by atoms with Gasteiger partial charge >= 0.3 is 0 Å². The number of piperazine rings is 1. The molecule has 1 aromatic rings. The van der Waals surface area contributed by atoms with Crippen LogP contribution in [-0.2, 0) is 9.59 Å². The normalized spacial score (nSPS) is 16.4. The van der Waals surface area contributed by atoms with Gasteiger partial charge in [0.05, 0.1) is 0 Å². The van der Waals surface area contributed by atoms with Crippen molar-refractivity contribution < 1.29 is 14.3 Å². The first-order valence-corrected chi connectivity index (χ1v) is 9.31. The topological polar surface area (TPSA) is 61.9 Å². The van der Waals surface area contributed by atoms with Gasteiger partial charge in [-0.3, -0.25) is 9.59 Å². The molecule has 26 heavy (non-hydrogen) atoms. The fourth-order valence-electron chi connectivity index (χ4n) is 2.96. The number of amides is 2. The largest absolute Gasteiger partial charge is 0.484 e. The third kappa shape index (κ3) is 6.33. The number of carbonyl (C=O) groups is 2. The third-order valence-electron chi connectivity index (χ3n) is 4.55. The van der Waals surface area contributed by atoms with Crippen LogP contribution in [0, 0.1) is 12.8 Å². The second kappa shape index (κ2) is 9.57. The van der Waals surface area contributed by atoms with E-state index in [-0.39, 0.29) is 18.4 Å². The van der Waals surface area contributed by atoms with E-state index in [1.807, 2.05) is 36.1 Å². The number of aryl methyl sites for hydroxylation is 1. The summed E-state index contributed by atoms with van der Waals surface area (Å²) in [5, 5.41) is 2.87. The number of rotatable bonds is 7. The molecule has 1 atom stereocenters.